The first-order chi connectivity index (χ1) is 11.9. The van der Waals surface area contributed by atoms with Crippen molar-refractivity contribution in [2.75, 3.05) is 19.7 Å². The van der Waals surface area contributed by atoms with Crippen LogP contribution in [0.5, 0.6) is 5.75 Å². The van der Waals surface area contributed by atoms with Gasteiger partial charge in [0.25, 0.3) is 0 Å². The second-order valence-corrected chi connectivity index (χ2v) is 7.31. The Kier molecular flexibility index (Phi) is 6.39. The molecule has 3 heterocycles. The highest BCUT2D eigenvalue weighted by atomic mass is 35.5. The average Bonchev–Trinajstić information content (AvgIpc) is 2.65. The first kappa shape index (κ1) is 18.3. The van der Waals surface area contributed by atoms with E-state index in [2.05, 4.69) is 59.5 Å². The summed E-state index contributed by atoms with van der Waals surface area (Å²) in [5.74, 6) is 1.99. The maximum atomic E-state index is 5.99. The van der Waals surface area contributed by atoms with E-state index < -0.39 is 0 Å². The van der Waals surface area contributed by atoms with Crippen molar-refractivity contribution in [1.29, 1.82) is 0 Å². The zero-order valence-electron chi connectivity index (χ0n) is 14.8. The van der Waals surface area contributed by atoms with Crippen LogP contribution >= 0.6 is 12.4 Å². The summed E-state index contributed by atoms with van der Waals surface area (Å²) < 4.78 is 5.99. The van der Waals surface area contributed by atoms with Gasteiger partial charge in [0.1, 0.15) is 5.75 Å². The number of ether oxygens (including phenoxy) is 1. The molecule has 0 aliphatic carbocycles. The largest absolute Gasteiger partial charge is 0.494 e. The fourth-order valence-corrected chi connectivity index (χ4v) is 4.24. The minimum Gasteiger partial charge on any atom is -0.494 e. The minimum absolute atomic E-state index is 0. The van der Waals surface area contributed by atoms with E-state index in [9.17, 15) is 0 Å². The van der Waals surface area contributed by atoms with Crippen molar-refractivity contribution in [3.05, 3.63) is 65.7 Å². The van der Waals surface area contributed by atoms with Crippen molar-refractivity contribution in [3.8, 4) is 5.75 Å². The molecule has 3 fully saturated rings. The summed E-state index contributed by atoms with van der Waals surface area (Å²) in [6, 6.07) is 20.0. The van der Waals surface area contributed by atoms with E-state index in [0.29, 0.717) is 0 Å². The van der Waals surface area contributed by atoms with Crippen LogP contribution < -0.4 is 4.74 Å². The Morgan fingerprint density at radius 3 is 2.20 bits per heavy atom. The second kappa shape index (κ2) is 8.73. The fraction of sp³-hybridized carbons (Fsp3) is 0.455. The number of benzene rings is 2. The number of nitrogens with zero attached hydrogens (tertiary/aromatic N) is 1. The lowest BCUT2D eigenvalue weighted by atomic mass is 9.82. The summed E-state index contributed by atoms with van der Waals surface area (Å²) >= 11 is 0. The van der Waals surface area contributed by atoms with Gasteiger partial charge in [0.15, 0.2) is 0 Å². The first-order valence-corrected chi connectivity index (χ1v) is 9.36. The van der Waals surface area contributed by atoms with Gasteiger partial charge in [-0.2, -0.15) is 0 Å². The Morgan fingerprint density at radius 1 is 0.880 bits per heavy atom. The van der Waals surface area contributed by atoms with Crippen molar-refractivity contribution in [1.82, 2.24) is 4.90 Å². The van der Waals surface area contributed by atoms with Gasteiger partial charge in [0.05, 0.1) is 6.61 Å². The van der Waals surface area contributed by atoms with Crippen LogP contribution in [0, 0.1) is 5.92 Å². The zero-order chi connectivity index (χ0) is 16.2. The summed E-state index contributed by atoms with van der Waals surface area (Å²) in [4.78, 5) is 2.67. The molecule has 0 saturated carbocycles. The van der Waals surface area contributed by atoms with Crippen LogP contribution in [-0.2, 0) is 6.42 Å². The summed E-state index contributed by atoms with van der Waals surface area (Å²) in [5, 5.41) is 0. The van der Waals surface area contributed by atoms with E-state index >= 15 is 0 Å². The third-order valence-corrected chi connectivity index (χ3v) is 5.67. The molecule has 3 aliphatic rings. The van der Waals surface area contributed by atoms with Gasteiger partial charge >= 0.3 is 0 Å². The zero-order valence-corrected chi connectivity index (χ0v) is 15.6. The van der Waals surface area contributed by atoms with E-state index in [1.54, 1.807) is 0 Å². The Bertz CT molecular complexity index is 635. The number of piperidine rings is 3. The van der Waals surface area contributed by atoms with E-state index in [1.807, 2.05) is 0 Å². The van der Waals surface area contributed by atoms with Crippen LogP contribution in [0.15, 0.2) is 54.6 Å². The van der Waals surface area contributed by atoms with Crippen molar-refractivity contribution in [2.45, 2.75) is 38.1 Å². The normalized spacial score (nSPS) is 24.6. The molecule has 3 saturated heterocycles. The number of halogens is 1. The molecule has 1 atom stereocenters. The summed E-state index contributed by atoms with van der Waals surface area (Å²) in [5.41, 5.74) is 2.69. The average molecular weight is 358 g/mol. The van der Waals surface area contributed by atoms with Crippen molar-refractivity contribution in [3.63, 3.8) is 0 Å². The molecule has 25 heavy (non-hydrogen) atoms. The van der Waals surface area contributed by atoms with Gasteiger partial charge in [0, 0.05) is 6.04 Å². The van der Waals surface area contributed by atoms with Gasteiger partial charge in [-0.25, -0.2) is 0 Å². The van der Waals surface area contributed by atoms with Crippen molar-refractivity contribution < 1.29 is 4.74 Å². The summed E-state index contributed by atoms with van der Waals surface area (Å²) in [6.45, 7) is 3.46. The van der Waals surface area contributed by atoms with E-state index in [-0.39, 0.29) is 12.4 Å². The molecule has 134 valence electrons. The van der Waals surface area contributed by atoms with Crippen LogP contribution in [0.25, 0.3) is 0 Å². The predicted molar refractivity (Wildman–Crippen MR) is 106 cm³/mol. The van der Waals surface area contributed by atoms with Gasteiger partial charge < -0.3 is 9.64 Å². The summed E-state index contributed by atoms with van der Waals surface area (Å²) in [7, 11) is 0. The quantitative estimate of drug-likeness (QED) is 0.725. The Balaban J connectivity index is 0.00000182. The van der Waals surface area contributed by atoms with Crippen LogP contribution in [0.3, 0.4) is 0 Å². The van der Waals surface area contributed by atoms with Crippen LogP contribution in [0.2, 0.25) is 0 Å². The topological polar surface area (TPSA) is 12.5 Å². The highest BCUT2D eigenvalue weighted by molar-refractivity contribution is 5.85. The summed E-state index contributed by atoms with van der Waals surface area (Å²) in [6.07, 6.45) is 6.38. The standard InChI is InChI=1S/C22H27NO.ClH/c1-2-4-18(5-3-1)16-19-6-8-22(9-7-19)24-15-12-21-17-20-10-13-23(21)14-11-20;/h1-9,20-21H,10-17H2;1H. The van der Waals surface area contributed by atoms with Gasteiger partial charge in [-0.3, -0.25) is 0 Å². The van der Waals surface area contributed by atoms with E-state index in [0.717, 1.165) is 30.7 Å². The Hall–Kier alpha value is -1.51. The molecule has 0 aromatic heterocycles. The van der Waals surface area contributed by atoms with Crippen LogP contribution in [0.4, 0.5) is 0 Å². The monoisotopic (exact) mass is 357 g/mol. The third kappa shape index (κ3) is 4.77. The van der Waals surface area contributed by atoms with Crippen molar-refractivity contribution >= 4 is 12.4 Å². The Morgan fingerprint density at radius 2 is 1.56 bits per heavy atom. The highest BCUT2D eigenvalue weighted by Gasteiger charge is 2.32. The molecule has 1 unspecified atom stereocenters. The van der Waals surface area contributed by atoms with E-state index in [4.69, 9.17) is 4.74 Å². The molecule has 3 heteroatoms. The lowest BCUT2D eigenvalue weighted by molar-refractivity contribution is 0.0380. The number of fused-ring (bicyclic) bond motifs is 3. The molecular formula is C22H28ClNO. The molecule has 0 spiro atoms. The third-order valence-electron chi connectivity index (χ3n) is 5.67. The first-order valence-electron chi connectivity index (χ1n) is 9.36. The predicted octanol–water partition coefficient (Wildman–Crippen LogP) is 4.95. The van der Waals surface area contributed by atoms with E-state index in [1.165, 1.54) is 49.9 Å². The molecule has 3 aliphatic heterocycles. The smallest absolute Gasteiger partial charge is 0.119 e. The molecule has 0 N–H and O–H groups in total. The Labute approximate surface area is 157 Å². The minimum atomic E-state index is 0. The van der Waals surface area contributed by atoms with Gasteiger partial charge in [-0.1, -0.05) is 42.5 Å². The molecule has 0 amide bonds. The van der Waals surface area contributed by atoms with Crippen LogP contribution in [-0.4, -0.2) is 30.6 Å². The molecule has 2 aromatic rings. The molecule has 2 bridgehead atoms. The van der Waals surface area contributed by atoms with Gasteiger partial charge in [-0.05, 0) is 74.4 Å². The van der Waals surface area contributed by atoms with Crippen molar-refractivity contribution in [2.24, 2.45) is 5.92 Å². The molecular weight excluding hydrogens is 330 g/mol. The van der Waals surface area contributed by atoms with Gasteiger partial charge in [0.2, 0.25) is 0 Å². The maximum Gasteiger partial charge on any atom is 0.119 e. The SMILES string of the molecule is Cl.c1ccc(Cc2ccc(OCCC3CC4CCN3CC4)cc2)cc1. The number of rotatable bonds is 6. The molecule has 5 rings (SSSR count). The number of hydrogen-bond acceptors (Lipinski definition) is 2. The van der Waals surface area contributed by atoms with Gasteiger partial charge in [-0.15, -0.1) is 12.4 Å². The lowest BCUT2D eigenvalue weighted by Gasteiger charge is -2.45. The number of hydrogen-bond donors (Lipinski definition) is 0. The molecule has 0 radical (unpaired) electrons. The highest BCUT2D eigenvalue weighted by Crippen LogP contribution is 2.33. The fourth-order valence-electron chi connectivity index (χ4n) is 4.24. The van der Waals surface area contributed by atoms with Crippen LogP contribution in [0.1, 0.15) is 36.8 Å². The molecule has 2 nitrogen and oxygen atoms in total. The molecule has 2 aromatic carbocycles. The maximum absolute atomic E-state index is 5.99. The lowest BCUT2D eigenvalue weighted by Crippen LogP contribution is -2.49. The second-order valence-electron chi connectivity index (χ2n) is 7.31.